The molecule has 0 amide bonds. The van der Waals surface area contributed by atoms with Crippen LogP contribution in [0.3, 0.4) is 0 Å². The van der Waals surface area contributed by atoms with Crippen molar-refractivity contribution in [2.45, 2.75) is 12.3 Å². The molecule has 124 valence electrons. The highest BCUT2D eigenvalue weighted by Gasteiger charge is 2.24. The van der Waals surface area contributed by atoms with E-state index in [1.165, 1.54) is 6.39 Å². The van der Waals surface area contributed by atoms with Crippen LogP contribution in [0.4, 0.5) is 0 Å². The average molecular weight is 352 g/mol. The van der Waals surface area contributed by atoms with Gasteiger partial charge in [-0.05, 0) is 48.4 Å². The zero-order valence-electron chi connectivity index (χ0n) is 13.2. The van der Waals surface area contributed by atoms with E-state index in [0.29, 0.717) is 6.61 Å². The average Bonchev–Trinajstić information content (AvgIpc) is 3.30. The molecule has 1 unspecified atom stereocenters. The maximum Gasteiger partial charge on any atom is 0.181 e. The van der Waals surface area contributed by atoms with Gasteiger partial charge in [0.05, 0.1) is 29.8 Å². The number of halogens is 1. The van der Waals surface area contributed by atoms with Crippen LogP contribution in [0, 0.1) is 0 Å². The zero-order chi connectivity index (χ0) is 16.8. The van der Waals surface area contributed by atoms with Crippen LogP contribution in [-0.2, 0) is 6.42 Å². The van der Waals surface area contributed by atoms with E-state index in [1.54, 1.807) is 6.20 Å². The third-order valence-corrected chi connectivity index (χ3v) is 4.77. The summed E-state index contributed by atoms with van der Waals surface area (Å²) in [5.74, 6) is 2.74. The van der Waals surface area contributed by atoms with Crippen molar-refractivity contribution in [2.75, 3.05) is 6.61 Å². The van der Waals surface area contributed by atoms with Crippen LogP contribution < -0.4 is 4.74 Å². The summed E-state index contributed by atoms with van der Waals surface area (Å²) in [6.07, 6.45) is 3.98. The number of fused-ring (bicyclic) bond motifs is 2. The Morgan fingerprint density at radius 3 is 3.00 bits per heavy atom. The summed E-state index contributed by atoms with van der Waals surface area (Å²) in [4.78, 5) is 12.1. The lowest BCUT2D eigenvalue weighted by Gasteiger charge is -2.24. The summed E-state index contributed by atoms with van der Waals surface area (Å²) in [7, 11) is 0. The number of oxazole rings is 1. The van der Waals surface area contributed by atoms with Crippen molar-refractivity contribution in [1.82, 2.24) is 15.0 Å². The predicted molar refractivity (Wildman–Crippen MR) is 95.0 cm³/mol. The topological polar surface area (TPSA) is 63.9 Å². The van der Waals surface area contributed by atoms with E-state index in [1.807, 2.05) is 36.4 Å². The highest BCUT2D eigenvalue weighted by atomic mass is 35.5. The summed E-state index contributed by atoms with van der Waals surface area (Å²) in [6, 6.07) is 11.7. The molecule has 0 radical (unpaired) electrons. The van der Waals surface area contributed by atoms with Crippen molar-refractivity contribution in [3.63, 3.8) is 0 Å². The van der Waals surface area contributed by atoms with E-state index in [9.17, 15) is 0 Å². The van der Waals surface area contributed by atoms with E-state index in [2.05, 4.69) is 9.97 Å². The molecule has 0 saturated carbocycles. The van der Waals surface area contributed by atoms with Gasteiger partial charge in [-0.1, -0.05) is 11.6 Å². The van der Waals surface area contributed by atoms with Gasteiger partial charge in [0.2, 0.25) is 0 Å². The van der Waals surface area contributed by atoms with Crippen LogP contribution in [0.2, 0.25) is 5.02 Å². The van der Waals surface area contributed by atoms with Crippen molar-refractivity contribution >= 4 is 22.6 Å². The number of hydrogen-bond donors (Lipinski definition) is 1. The van der Waals surface area contributed by atoms with Gasteiger partial charge in [-0.2, -0.15) is 0 Å². The van der Waals surface area contributed by atoms with Gasteiger partial charge in [-0.15, -0.1) is 0 Å². The molecular weight excluding hydrogens is 338 g/mol. The van der Waals surface area contributed by atoms with Crippen molar-refractivity contribution in [2.24, 2.45) is 0 Å². The molecule has 0 aliphatic carbocycles. The molecule has 0 fully saturated rings. The molecule has 1 N–H and O–H groups in total. The fourth-order valence-electron chi connectivity index (χ4n) is 3.27. The Morgan fingerprint density at radius 1 is 1.16 bits per heavy atom. The second kappa shape index (κ2) is 5.63. The minimum absolute atomic E-state index is 0.173. The van der Waals surface area contributed by atoms with E-state index in [4.69, 9.17) is 25.7 Å². The van der Waals surface area contributed by atoms with Gasteiger partial charge in [0.25, 0.3) is 0 Å². The number of ether oxygens (including phenoxy) is 1. The van der Waals surface area contributed by atoms with Gasteiger partial charge in [0.1, 0.15) is 11.6 Å². The first-order chi connectivity index (χ1) is 12.3. The number of aromatic nitrogens is 3. The van der Waals surface area contributed by atoms with Crippen LogP contribution in [0.25, 0.3) is 22.4 Å². The molecule has 1 atom stereocenters. The number of aromatic amines is 1. The Hall–Kier alpha value is -2.79. The number of imidazole rings is 1. The van der Waals surface area contributed by atoms with Gasteiger partial charge >= 0.3 is 0 Å². The molecule has 0 saturated heterocycles. The molecule has 0 bridgehead atoms. The molecular formula is C19H14ClN3O2. The second-order valence-electron chi connectivity index (χ2n) is 6.18. The lowest BCUT2D eigenvalue weighted by molar-refractivity contribution is 0.258. The molecule has 2 aromatic carbocycles. The van der Waals surface area contributed by atoms with Crippen LogP contribution in [0.5, 0.6) is 5.75 Å². The lowest BCUT2D eigenvalue weighted by Crippen LogP contribution is -2.20. The molecule has 3 heterocycles. The minimum Gasteiger partial charge on any atom is -0.493 e. The Morgan fingerprint density at radius 2 is 2.12 bits per heavy atom. The van der Waals surface area contributed by atoms with Gasteiger partial charge in [0, 0.05) is 10.6 Å². The molecule has 2 aromatic heterocycles. The Kier molecular flexibility index (Phi) is 3.28. The highest BCUT2D eigenvalue weighted by Crippen LogP contribution is 2.34. The first kappa shape index (κ1) is 14.5. The maximum absolute atomic E-state index is 6.11. The van der Waals surface area contributed by atoms with Crippen molar-refractivity contribution in [3.05, 3.63) is 65.4 Å². The third kappa shape index (κ3) is 2.57. The van der Waals surface area contributed by atoms with Gasteiger partial charge < -0.3 is 14.1 Å². The third-order valence-electron chi connectivity index (χ3n) is 4.53. The zero-order valence-corrected chi connectivity index (χ0v) is 14.0. The molecule has 6 heteroatoms. The molecule has 1 aliphatic heterocycles. The largest absolute Gasteiger partial charge is 0.493 e. The smallest absolute Gasteiger partial charge is 0.181 e. The summed E-state index contributed by atoms with van der Waals surface area (Å²) < 4.78 is 11.2. The monoisotopic (exact) mass is 351 g/mol. The predicted octanol–water partition coefficient (Wildman–Crippen LogP) is 4.59. The van der Waals surface area contributed by atoms with Gasteiger partial charge in [-0.3, -0.25) is 0 Å². The number of nitrogens with one attached hydrogen (secondary N) is 1. The van der Waals surface area contributed by atoms with Crippen LogP contribution >= 0.6 is 11.6 Å². The van der Waals surface area contributed by atoms with E-state index in [0.717, 1.165) is 50.9 Å². The molecule has 0 spiro atoms. The van der Waals surface area contributed by atoms with Crippen LogP contribution in [0.1, 0.15) is 17.3 Å². The standard InChI is InChI=1S/C19H14ClN3O2/c20-14-2-4-17-12(6-14)5-13(9-24-17)19-22-15-3-1-11(7-16(15)23-19)18-8-21-10-25-18/h1-4,6-8,10,13H,5,9H2,(H,22,23). The summed E-state index contributed by atoms with van der Waals surface area (Å²) in [5, 5.41) is 0.726. The van der Waals surface area contributed by atoms with E-state index < -0.39 is 0 Å². The van der Waals surface area contributed by atoms with Crippen LogP contribution in [-0.4, -0.2) is 21.6 Å². The Bertz CT molecular complexity index is 1060. The number of hydrogen-bond acceptors (Lipinski definition) is 4. The maximum atomic E-state index is 6.11. The van der Waals surface area contributed by atoms with E-state index >= 15 is 0 Å². The number of benzene rings is 2. The first-order valence-electron chi connectivity index (χ1n) is 8.06. The molecule has 5 nitrogen and oxygen atoms in total. The quantitative estimate of drug-likeness (QED) is 0.573. The van der Waals surface area contributed by atoms with Gasteiger partial charge in [-0.25, -0.2) is 9.97 Å². The van der Waals surface area contributed by atoms with Crippen molar-refractivity contribution in [1.29, 1.82) is 0 Å². The number of H-pyrrole nitrogens is 1. The van der Waals surface area contributed by atoms with E-state index in [-0.39, 0.29) is 5.92 Å². The summed E-state index contributed by atoms with van der Waals surface area (Å²) in [6.45, 7) is 0.601. The second-order valence-corrected chi connectivity index (χ2v) is 6.62. The summed E-state index contributed by atoms with van der Waals surface area (Å²) in [5.41, 5.74) is 3.99. The van der Waals surface area contributed by atoms with Crippen molar-refractivity contribution in [3.8, 4) is 17.1 Å². The Labute approximate surface area is 148 Å². The fourth-order valence-corrected chi connectivity index (χ4v) is 3.47. The molecule has 5 rings (SSSR count). The molecule has 1 aliphatic rings. The number of rotatable bonds is 2. The SMILES string of the molecule is Clc1ccc2c(c1)CC(c1nc3ccc(-c4cnco4)cc3[nH]1)CO2. The summed E-state index contributed by atoms with van der Waals surface area (Å²) >= 11 is 6.11. The normalized spacial score (nSPS) is 16.6. The van der Waals surface area contributed by atoms with Crippen molar-refractivity contribution < 1.29 is 9.15 Å². The first-order valence-corrected chi connectivity index (χ1v) is 8.44. The highest BCUT2D eigenvalue weighted by molar-refractivity contribution is 6.30. The lowest BCUT2D eigenvalue weighted by atomic mass is 9.96. The van der Waals surface area contributed by atoms with Gasteiger partial charge in [0.15, 0.2) is 12.2 Å². The Balaban J connectivity index is 1.49. The molecule has 25 heavy (non-hydrogen) atoms. The number of nitrogens with zero attached hydrogens (tertiary/aromatic N) is 2. The minimum atomic E-state index is 0.173. The fraction of sp³-hybridized carbons (Fsp3) is 0.158. The van der Waals surface area contributed by atoms with Crippen LogP contribution in [0.15, 0.2) is 53.4 Å². The molecule has 4 aromatic rings.